The predicted octanol–water partition coefficient (Wildman–Crippen LogP) is 1.62. The number of rotatable bonds is 4. The summed E-state index contributed by atoms with van der Waals surface area (Å²) in [6, 6.07) is 0. The third-order valence-corrected chi connectivity index (χ3v) is 3.77. The average Bonchev–Trinajstić information content (AvgIpc) is 2.80. The molecule has 0 radical (unpaired) electrons. The molecule has 19 heavy (non-hydrogen) atoms. The third kappa shape index (κ3) is 2.97. The minimum absolute atomic E-state index is 0.0800. The second kappa shape index (κ2) is 6.19. The van der Waals surface area contributed by atoms with Crippen LogP contribution in [-0.2, 0) is 6.42 Å². The highest BCUT2D eigenvalue weighted by atomic mass is 16.5. The number of aromatic nitrogens is 1. The fraction of sp³-hybridized carbons (Fsp3) is 0.714. The summed E-state index contributed by atoms with van der Waals surface area (Å²) in [4.78, 5) is 14.6. The summed E-state index contributed by atoms with van der Waals surface area (Å²) in [5.41, 5.74) is 1.38. The van der Waals surface area contributed by atoms with Gasteiger partial charge in [-0.15, -0.1) is 0 Å². The Morgan fingerprint density at radius 3 is 3.05 bits per heavy atom. The Balaban J connectivity index is 2.12. The maximum absolute atomic E-state index is 12.6. The molecule has 0 bridgehead atoms. The van der Waals surface area contributed by atoms with E-state index in [1.165, 1.54) is 6.42 Å². The van der Waals surface area contributed by atoms with Gasteiger partial charge in [-0.05, 0) is 39.3 Å². The van der Waals surface area contributed by atoms with E-state index in [4.69, 9.17) is 4.52 Å². The Labute approximate surface area is 114 Å². The molecule has 1 saturated heterocycles. The van der Waals surface area contributed by atoms with Crippen molar-refractivity contribution in [2.24, 2.45) is 5.92 Å². The van der Waals surface area contributed by atoms with Crippen LogP contribution in [-0.4, -0.2) is 42.6 Å². The van der Waals surface area contributed by atoms with Crippen molar-refractivity contribution < 1.29 is 9.32 Å². The van der Waals surface area contributed by atoms with Crippen molar-refractivity contribution in [1.29, 1.82) is 0 Å². The van der Waals surface area contributed by atoms with Crippen molar-refractivity contribution in [3.05, 3.63) is 17.0 Å². The first kappa shape index (κ1) is 14.1. The first-order chi connectivity index (χ1) is 9.17. The van der Waals surface area contributed by atoms with Gasteiger partial charge in [-0.25, -0.2) is 0 Å². The number of amides is 1. The Morgan fingerprint density at radius 1 is 1.58 bits per heavy atom. The van der Waals surface area contributed by atoms with E-state index < -0.39 is 0 Å². The number of nitrogens with one attached hydrogen (secondary N) is 1. The number of hydrogen-bond acceptors (Lipinski definition) is 4. The van der Waals surface area contributed by atoms with E-state index in [2.05, 4.69) is 10.5 Å². The molecule has 0 spiro atoms. The van der Waals surface area contributed by atoms with Gasteiger partial charge in [0.15, 0.2) is 0 Å². The number of carbonyl (C=O) groups excluding carboxylic acids is 1. The summed E-state index contributed by atoms with van der Waals surface area (Å²) >= 11 is 0. The molecule has 5 heteroatoms. The van der Waals surface area contributed by atoms with Crippen molar-refractivity contribution >= 4 is 5.91 Å². The Hall–Kier alpha value is -1.36. The predicted molar refractivity (Wildman–Crippen MR) is 73.2 cm³/mol. The normalized spacial score (nSPS) is 19.7. The van der Waals surface area contributed by atoms with E-state index in [-0.39, 0.29) is 5.91 Å². The van der Waals surface area contributed by atoms with E-state index in [0.717, 1.165) is 26.1 Å². The largest absolute Gasteiger partial charge is 0.360 e. The number of carbonyl (C=O) groups is 1. The summed E-state index contributed by atoms with van der Waals surface area (Å²) < 4.78 is 5.22. The molecule has 1 aliphatic rings. The van der Waals surface area contributed by atoms with E-state index in [9.17, 15) is 4.79 Å². The van der Waals surface area contributed by atoms with Gasteiger partial charge >= 0.3 is 0 Å². The van der Waals surface area contributed by atoms with E-state index >= 15 is 0 Å². The fourth-order valence-electron chi connectivity index (χ4n) is 2.79. The van der Waals surface area contributed by atoms with Gasteiger partial charge in [0.1, 0.15) is 11.3 Å². The smallest absolute Gasteiger partial charge is 0.259 e. The van der Waals surface area contributed by atoms with E-state index in [1.807, 2.05) is 25.8 Å². The van der Waals surface area contributed by atoms with Crippen LogP contribution in [0.1, 0.15) is 41.6 Å². The first-order valence-corrected chi connectivity index (χ1v) is 7.06. The summed E-state index contributed by atoms with van der Waals surface area (Å²) in [7, 11) is 1.96. The highest BCUT2D eigenvalue weighted by molar-refractivity contribution is 5.96. The summed E-state index contributed by atoms with van der Waals surface area (Å²) in [6.07, 6.45) is 2.97. The molecule has 1 aromatic heterocycles. The summed E-state index contributed by atoms with van der Waals surface area (Å²) in [5, 5.41) is 7.12. The molecule has 0 aliphatic carbocycles. The van der Waals surface area contributed by atoms with Crippen molar-refractivity contribution in [2.75, 3.05) is 26.7 Å². The lowest BCUT2D eigenvalue weighted by Gasteiger charge is -2.32. The lowest BCUT2D eigenvalue weighted by atomic mass is 9.97. The SMILES string of the molecule is CCc1onc(C)c1C(=O)N1CCCC(CNC)C1. The van der Waals surface area contributed by atoms with Gasteiger partial charge in [-0.2, -0.15) is 0 Å². The molecule has 2 rings (SSSR count). The fourth-order valence-corrected chi connectivity index (χ4v) is 2.79. The van der Waals surface area contributed by atoms with Crippen molar-refractivity contribution in [3.8, 4) is 0 Å². The highest BCUT2D eigenvalue weighted by Crippen LogP contribution is 2.21. The van der Waals surface area contributed by atoms with E-state index in [1.54, 1.807) is 0 Å². The average molecular weight is 265 g/mol. The zero-order valence-corrected chi connectivity index (χ0v) is 12.0. The topological polar surface area (TPSA) is 58.4 Å². The molecule has 1 atom stereocenters. The van der Waals surface area contributed by atoms with Crippen molar-refractivity contribution in [2.45, 2.75) is 33.1 Å². The van der Waals surface area contributed by atoms with Gasteiger partial charge in [-0.1, -0.05) is 12.1 Å². The monoisotopic (exact) mass is 265 g/mol. The van der Waals surface area contributed by atoms with E-state index in [0.29, 0.717) is 29.4 Å². The van der Waals surface area contributed by atoms with Crippen LogP contribution in [0.5, 0.6) is 0 Å². The molecule has 5 nitrogen and oxygen atoms in total. The van der Waals surface area contributed by atoms with Crippen molar-refractivity contribution in [1.82, 2.24) is 15.4 Å². The minimum atomic E-state index is 0.0800. The van der Waals surface area contributed by atoms with Crippen LogP contribution in [0.4, 0.5) is 0 Å². The second-order valence-corrected chi connectivity index (χ2v) is 5.24. The second-order valence-electron chi connectivity index (χ2n) is 5.24. The zero-order chi connectivity index (χ0) is 13.8. The summed E-state index contributed by atoms with van der Waals surface area (Å²) in [6.45, 7) is 6.45. The zero-order valence-electron chi connectivity index (χ0n) is 12.0. The lowest BCUT2D eigenvalue weighted by molar-refractivity contribution is 0.0671. The number of piperidine rings is 1. The van der Waals surface area contributed by atoms with Gasteiger partial charge in [0.25, 0.3) is 5.91 Å². The van der Waals surface area contributed by atoms with Crippen LogP contribution >= 0.6 is 0 Å². The number of likely N-dealkylation sites (tertiary alicyclic amines) is 1. The number of hydrogen-bond donors (Lipinski definition) is 1. The molecule has 1 aromatic rings. The van der Waals surface area contributed by atoms with Crippen LogP contribution in [0.2, 0.25) is 0 Å². The quantitative estimate of drug-likeness (QED) is 0.898. The van der Waals surface area contributed by atoms with Gasteiger partial charge < -0.3 is 14.7 Å². The summed E-state index contributed by atoms with van der Waals surface area (Å²) in [5.74, 6) is 1.34. The van der Waals surface area contributed by atoms with Gasteiger partial charge in [-0.3, -0.25) is 4.79 Å². The molecular formula is C14H23N3O2. The molecule has 1 fully saturated rings. The maximum Gasteiger partial charge on any atom is 0.259 e. The Kier molecular flexibility index (Phi) is 4.58. The standard InChI is InChI=1S/C14H23N3O2/c1-4-12-13(10(2)16-19-12)14(18)17-7-5-6-11(9-17)8-15-3/h11,15H,4-9H2,1-3H3. The molecule has 1 N–H and O–H groups in total. The molecule has 106 valence electrons. The van der Waals surface area contributed by atoms with Gasteiger partial charge in [0, 0.05) is 19.5 Å². The molecular weight excluding hydrogens is 242 g/mol. The first-order valence-electron chi connectivity index (χ1n) is 7.06. The number of nitrogens with zero attached hydrogens (tertiary/aromatic N) is 2. The number of aryl methyl sites for hydroxylation is 2. The molecule has 2 heterocycles. The Bertz CT molecular complexity index is 440. The van der Waals surface area contributed by atoms with Crippen LogP contribution in [0.15, 0.2) is 4.52 Å². The Morgan fingerprint density at radius 2 is 2.37 bits per heavy atom. The van der Waals surface area contributed by atoms with Crippen LogP contribution in [0, 0.1) is 12.8 Å². The maximum atomic E-state index is 12.6. The van der Waals surface area contributed by atoms with Crippen LogP contribution < -0.4 is 5.32 Å². The third-order valence-electron chi connectivity index (χ3n) is 3.77. The van der Waals surface area contributed by atoms with Crippen LogP contribution in [0.25, 0.3) is 0 Å². The minimum Gasteiger partial charge on any atom is -0.360 e. The molecule has 1 aliphatic heterocycles. The highest BCUT2D eigenvalue weighted by Gasteiger charge is 2.28. The van der Waals surface area contributed by atoms with Gasteiger partial charge in [0.2, 0.25) is 0 Å². The van der Waals surface area contributed by atoms with Crippen LogP contribution in [0.3, 0.4) is 0 Å². The lowest BCUT2D eigenvalue weighted by Crippen LogP contribution is -2.42. The molecule has 1 amide bonds. The molecule has 1 unspecified atom stereocenters. The van der Waals surface area contributed by atoms with Crippen molar-refractivity contribution in [3.63, 3.8) is 0 Å². The van der Waals surface area contributed by atoms with Gasteiger partial charge in [0.05, 0.1) is 5.69 Å². The molecule has 0 saturated carbocycles. The molecule has 0 aromatic carbocycles.